The molecule has 0 aromatic heterocycles. The molecule has 0 atom stereocenters. The van der Waals surface area contributed by atoms with Gasteiger partial charge in [0.15, 0.2) is 17.5 Å². The first kappa shape index (κ1) is 22.6. The molecule has 0 bridgehead atoms. The van der Waals surface area contributed by atoms with E-state index >= 15 is 0 Å². The van der Waals surface area contributed by atoms with Crippen LogP contribution in [0.15, 0.2) is 64.4 Å². The third-order valence-electron chi connectivity index (χ3n) is 4.29. The molecule has 0 amide bonds. The van der Waals surface area contributed by atoms with Crippen LogP contribution in [0.4, 0.5) is 24.5 Å². The molecule has 0 radical (unpaired) electrons. The molecular formula is C20H17F3N2O4S2. The average Bonchev–Trinajstić information content (AvgIpc) is 2.67. The molecule has 31 heavy (non-hydrogen) atoms. The summed E-state index contributed by atoms with van der Waals surface area (Å²) in [6.45, 7) is 3.30. The SMILES string of the molecule is Cc1cccc(NS(=O)(=O)c2cc(NS(=O)(=O)c3ccc(F)c(F)c3F)ccc2C)c1. The van der Waals surface area contributed by atoms with Gasteiger partial charge in [-0.2, -0.15) is 0 Å². The molecular weight excluding hydrogens is 453 g/mol. The summed E-state index contributed by atoms with van der Waals surface area (Å²) in [7, 11) is -8.76. The van der Waals surface area contributed by atoms with Gasteiger partial charge in [-0.25, -0.2) is 30.0 Å². The van der Waals surface area contributed by atoms with Crippen molar-refractivity contribution in [3.8, 4) is 0 Å². The van der Waals surface area contributed by atoms with Gasteiger partial charge in [0.2, 0.25) is 0 Å². The molecule has 0 saturated carbocycles. The van der Waals surface area contributed by atoms with E-state index < -0.39 is 42.4 Å². The smallest absolute Gasteiger partial charge is 0.264 e. The van der Waals surface area contributed by atoms with Gasteiger partial charge in [-0.15, -0.1) is 0 Å². The van der Waals surface area contributed by atoms with Crippen LogP contribution in [0.1, 0.15) is 11.1 Å². The first-order chi connectivity index (χ1) is 14.4. The largest absolute Gasteiger partial charge is 0.280 e. The van der Waals surface area contributed by atoms with Gasteiger partial charge in [-0.1, -0.05) is 18.2 Å². The molecule has 6 nitrogen and oxygen atoms in total. The number of hydrogen-bond donors (Lipinski definition) is 2. The van der Waals surface area contributed by atoms with Gasteiger partial charge in [-0.3, -0.25) is 9.44 Å². The summed E-state index contributed by atoms with van der Waals surface area (Å²) in [6, 6.07) is 11.3. The molecule has 0 saturated heterocycles. The molecule has 3 aromatic carbocycles. The van der Waals surface area contributed by atoms with Crippen LogP contribution in [0.3, 0.4) is 0 Å². The predicted molar refractivity (Wildman–Crippen MR) is 110 cm³/mol. The maximum Gasteiger partial charge on any atom is 0.264 e. The van der Waals surface area contributed by atoms with E-state index in [0.29, 0.717) is 23.4 Å². The minimum Gasteiger partial charge on any atom is -0.280 e. The van der Waals surface area contributed by atoms with Crippen molar-refractivity contribution in [1.29, 1.82) is 0 Å². The summed E-state index contributed by atoms with van der Waals surface area (Å²) in [5, 5.41) is 0. The zero-order valence-electron chi connectivity index (χ0n) is 16.3. The van der Waals surface area contributed by atoms with Crippen LogP contribution in [0.5, 0.6) is 0 Å². The van der Waals surface area contributed by atoms with Crippen molar-refractivity contribution in [2.24, 2.45) is 0 Å². The molecule has 2 N–H and O–H groups in total. The summed E-state index contributed by atoms with van der Waals surface area (Å²) >= 11 is 0. The van der Waals surface area contributed by atoms with Gasteiger partial charge in [-0.05, 0) is 61.4 Å². The minimum atomic E-state index is -4.67. The van der Waals surface area contributed by atoms with Gasteiger partial charge in [0.1, 0.15) is 4.90 Å². The maximum absolute atomic E-state index is 13.9. The molecule has 0 aliphatic carbocycles. The highest BCUT2D eigenvalue weighted by molar-refractivity contribution is 7.93. The van der Waals surface area contributed by atoms with Crippen molar-refractivity contribution in [3.05, 3.63) is 83.2 Å². The molecule has 0 spiro atoms. The molecule has 11 heteroatoms. The third-order valence-corrected chi connectivity index (χ3v) is 7.21. The minimum absolute atomic E-state index is 0.209. The third kappa shape index (κ3) is 4.83. The van der Waals surface area contributed by atoms with Crippen LogP contribution in [-0.4, -0.2) is 16.8 Å². The van der Waals surface area contributed by atoms with Crippen molar-refractivity contribution in [1.82, 2.24) is 0 Å². The van der Waals surface area contributed by atoms with Gasteiger partial charge in [0.05, 0.1) is 10.6 Å². The molecule has 0 heterocycles. The summed E-state index contributed by atoms with van der Waals surface area (Å²) in [6.07, 6.45) is 0. The highest BCUT2D eigenvalue weighted by Crippen LogP contribution is 2.26. The number of sulfonamides is 2. The fraction of sp³-hybridized carbons (Fsp3) is 0.100. The van der Waals surface area contributed by atoms with Gasteiger partial charge in [0.25, 0.3) is 20.0 Å². The van der Waals surface area contributed by atoms with Gasteiger partial charge < -0.3 is 0 Å². The van der Waals surface area contributed by atoms with Crippen molar-refractivity contribution < 1.29 is 30.0 Å². The van der Waals surface area contributed by atoms with Crippen LogP contribution in [0.25, 0.3) is 0 Å². The van der Waals surface area contributed by atoms with Crippen LogP contribution >= 0.6 is 0 Å². The van der Waals surface area contributed by atoms with Crippen LogP contribution in [-0.2, 0) is 20.0 Å². The van der Waals surface area contributed by atoms with E-state index in [1.54, 1.807) is 31.2 Å². The Morgan fingerprint density at radius 1 is 0.677 bits per heavy atom. The molecule has 0 unspecified atom stereocenters. The predicted octanol–water partition coefficient (Wildman–Crippen LogP) is 4.32. The second-order valence-corrected chi connectivity index (χ2v) is 10.0. The lowest BCUT2D eigenvalue weighted by atomic mass is 10.2. The lowest BCUT2D eigenvalue weighted by Gasteiger charge is -2.14. The standard InChI is InChI=1S/C20H17F3N2O4S2/c1-12-4-3-5-14(10-12)24-31(28,29)18-11-15(7-6-13(18)2)25-30(26,27)17-9-8-16(21)19(22)20(17)23/h3-11,24-25H,1-2H3. The summed E-state index contributed by atoms with van der Waals surface area (Å²) in [5.41, 5.74) is 1.25. The Bertz CT molecular complexity index is 1380. The zero-order valence-corrected chi connectivity index (χ0v) is 17.9. The molecule has 3 aromatic rings. The maximum atomic E-state index is 13.9. The lowest BCUT2D eigenvalue weighted by molar-refractivity contribution is 0.432. The first-order valence-electron chi connectivity index (χ1n) is 8.77. The number of nitrogens with one attached hydrogen (secondary N) is 2. The summed E-state index contributed by atoms with van der Waals surface area (Å²) < 4.78 is 95.4. The highest BCUT2D eigenvalue weighted by Gasteiger charge is 2.25. The lowest BCUT2D eigenvalue weighted by Crippen LogP contribution is -2.18. The number of benzene rings is 3. The van der Waals surface area contributed by atoms with E-state index in [9.17, 15) is 30.0 Å². The number of hydrogen-bond acceptors (Lipinski definition) is 4. The average molecular weight is 470 g/mol. The second-order valence-electron chi connectivity index (χ2n) is 6.73. The molecule has 164 valence electrons. The number of anilines is 2. The van der Waals surface area contributed by atoms with E-state index in [4.69, 9.17) is 0 Å². The zero-order chi connectivity index (χ0) is 23.0. The Labute approximate surface area is 177 Å². The van der Waals surface area contributed by atoms with Crippen LogP contribution in [0, 0.1) is 31.3 Å². The van der Waals surface area contributed by atoms with Crippen molar-refractivity contribution >= 4 is 31.4 Å². The van der Waals surface area contributed by atoms with Gasteiger partial charge >= 0.3 is 0 Å². The molecule has 3 rings (SSSR count). The normalized spacial score (nSPS) is 11.9. The van der Waals surface area contributed by atoms with Gasteiger partial charge in [0, 0.05) is 5.69 Å². The van der Waals surface area contributed by atoms with E-state index in [0.717, 1.165) is 11.6 Å². The number of aryl methyl sites for hydroxylation is 2. The van der Waals surface area contributed by atoms with E-state index in [2.05, 4.69) is 4.72 Å². The molecule has 0 fully saturated rings. The van der Waals surface area contributed by atoms with E-state index in [1.165, 1.54) is 19.1 Å². The quantitative estimate of drug-likeness (QED) is 0.525. The van der Waals surface area contributed by atoms with Crippen molar-refractivity contribution in [3.63, 3.8) is 0 Å². The second kappa shape index (κ2) is 8.23. The number of rotatable bonds is 6. The topological polar surface area (TPSA) is 92.3 Å². The Morgan fingerprint density at radius 3 is 1.94 bits per heavy atom. The fourth-order valence-corrected chi connectivity index (χ4v) is 5.24. The van der Waals surface area contributed by atoms with Crippen molar-refractivity contribution in [2.45, 2.75) is 23.6 Å². The van der Waals surface area contributed by atoms with Crippen LogP contribution in [0.2, 0.25) is 0 Å². The molecule has 0 aliphatic heterocycles. The Balaban J connectivity index is 1.97. The molecule has 0 aliphatic rings. The van der Waals surface area contributed by atoms with Crippen LogP contribution < -0.4 is 9.44 Å². The summed E-state index contributed by atoms with van der Waals surface area (Å²) in [4.78, 5) is -1.34. The van der Waals surface area contributed by atoms with E-state index in [1.807, 2.05) is 4.72 Å². The Morgan fingerprint density at radius 2 is 1.29 bits per heavy atom. The Hall–Kier alpha value is -3.05. The first-order valence-corrected chi connectivity index (χ1v) is 11.7. The summed E-state index contributed by atoms with van der Waals surface area (Å²) in [5.74, 6) is -5.35. The van der Waals surface area contributed by atoms with Crippen molar-refractivity contribution in [2.75, 3.05) is 9.44 Å². The number of halogens is 3. The highest BCUT2D eigenvalue weighted by atomic mass is 32.2. The van der Waals surface area contributed by atoms with E-state index in [-0.39, 0.29) is 10.6 Å². The Kier molecular flexibility index (Phi) is 6.01. The fourth-order valence-electron chi connectivity index (χ4n) is 2.80. The monoisotopic (exact) mass is 470 g/mol.